The number of H-pyrrole nitrogens is 1. The van der Waals surface area contributed by atoms with Gasteiger partial charge in [-0.25, -0.2) is 4.79 Å². The van der Waals surface area contributed by atoms with Gasteiger partial charge in [0.1, 0.15) is 19.0 Å². The van der Waals surface area contributed by atoms with Crippen LogP contribution in [0.4, 0.5) is 0 Å². The van der Waals surface area contributed by atoms with Crippen LogP contribution in [0.2, 0.25) is 18.1 Å². The zero-order valence-electron chi connectivity index (χ0n) is 17.9. The molecule has 2 N–H and O–H groups in total. The molecule has 0 spiro atoms. The first-order valence-corrected chi connectivity index (χ1v) is 12.7. The number of nitrogens with one attached hydrogen (secondary N) is 1. The summed E-state index contributed by atoms with van der Waals surface area (Å²) < 4.78 is 19.1. The van der Waals surface area contributed by atoms with Gasteiger partial charge in [0.15, 0.2) is 14.5 Å². The zero-order chi connectivity index (χ0) is 21.3. The summed E-state index contributed by atoms with van der Waals surface area (Å²) in [6.45, 7) is 15.1. The molecule has 0 aliphatic carbocycles. The van der Waals surface area contributed by atoms with Gasteiger partial charge in [0.25, 0.3) is 5.56 Å². The number of hydrogen-bond donors (Lipinski definition) is 2. The number of aliphatic hydroxyl groups is 1. The maximum atomic E-state index is 12.1. The summed E-state index contributed by atoms with van der Waals surface area (Å²) >= 11 is 0. The molecule has 0 bridgehead atoms. The van der Waals surface area contributed by atoms with Crippen molar-refractivity contribution in [2.24, 2.45) is 5.92 Å². The van der Waals surface area contributed by atoms with E-state index in [0.29, 0.717) is 12.3 Å². The summed E-state index contributed by atoms with van der Waals surface area (Å²) in [5.41, 5.74) is -1.13. The van der Waals surface area contributed by atoms with Crippen molar-refractivity contribution < 1.29 is 19.0 Å². The lowest BCUT2D eigenvalue weighted by Gasteiger charge is -2.42. The van der Waals surface area contributed by atoms with Crippen molar-refractivity contribution in [2.45, 2.75) is 83.7 Å². The van der Waals surface area contributed by atoms with Gasteiger partial charge in [-0.1, -0.05) is 34.6 Å². The van der Waals surface area contributed by atoms with Gasteiger partial charge >= 0.3 is 5.69 Å². The molecule has 0 unspecified atom stereocenters. The topological polar surface area (TPSA) is 103 Å². The van der Waals surface area contributed by atoms with Gasteiger partial charge in [-0.15, -0.1) is 0 Å². The highest BCUT2D eigenvalue weighted by Crippen LogP contribution is 2.44. The van der Waals surface area contributed by atoms with Crippen molar-refractivity contribution in [1.82, 2.24) is 9.55 Å². The van der Waals surface area contributed by atoms with Gasteiger partial charge in [-0.3, -0.25) is 14.3 Å². The number of aromatic nitrogens is 2. The van der Waals surface area contributed by atoms with Crippen LogP contribution < -0.4 is 11.2 Å². The minimum atomic E-state index is -2.06. The molecule has 2 heterocycles. The lowest BCUT2D eigenvalue weighted by Crippen LogP contribution is -2.46. The van der Waals surface area contributed by atoms with Gasteiger partial charge in [0, 0.05) is 12.3 Å². The SMILES string of the molecule is CC[C@H]1O[C@@H](n2ccc(=O)[nH]c2=O)[C@H](O)[C@@H]1OCO[Si](C)(C)C(C)(C)C(C)C. The summed E-state index contributed by atoms with van der Waals surface area (Å²) in [7, 11) is -2.06. The summed E-state index contributed by atoms with van der Waals surface area (Å²) in [5.74, 6) is 0.467. The van der Waals surface area contributed by atoms with Crippen LogP contribution in [0.15, 0.2) is 21.9 Å². The molecule has 4 atom stereocenters. The van der Waals surface area contributed by atoms with Crippen molar-refractivity contribution in [3.05, 3.63) is 33.1 Å². The van der Waals surface area contributed by atoms with E-state index in [-0.39, 0.29) is 17.9 Å². The van der Waals surface area contributed by atoms with E-state index in [4.69, 9.17) is 13.9 Å². The van der Waals surface area contributed by atoms with Crippen LogP contribution in [0.3, 0.4) is 0 Å². The van der Waals surface area contributed by atoms with Crippen LogP contribution in [-0.4, -0.2) is 48.1 Å². The molecule has 160 valence electrons. The zero-order valence-corrected chi connectivity index (χ0v) is 18.9. The van der Waals surface area contributed by atoms with E-state index in [1.54, 1.807) is 0 Å². The van der Waals surface area contributed by atoms with Crippen molar-refractivity contribution in [3.63, 3.8) is 0 Å². The van der Waals surface area contributed by atoms with Gasteiger partial charge in [-0.2, -0.15) is 0 Å². The fourth-order valence-corrected chi connectivity index (χ4v) is 5.38. The van der Waals surface area contributed by atoms with Crippen LogP contribution in [0, 0.1) is 5.92 Å². The van der Waals surface area contributed by atoms with Gasteiger partial charge < -0.3 is 19.0 Å². The van der Waals surface area contributed by atoms with E-state index >= 15 is 0 Å². The summed E-state index contributed by atoms with van der Waals surface area (Å²) in [6, 6.07) is 1.22. The van der Waals surface area contributed by atoms with E-state index in [1.165, 1.54) is 16.8 Å². The maximum Gasteiger partial charge on any atom is 0.330 e. The molecule has 8 nitrogen and oxygen atoms in total. The van der Waals surface area contributed by atoms with E-state index in [2.05, 4.69) is 45.8 Å². The summed E-state index contributed by atoms with van der Waals surface area (Å²) in [4.78, 5) is 25.5. The molecule has 1 saturated heterocycles. The summed E-state index contributed by atoms with van der Waals surface area (Å²) in [6.07, 6.45) is -1.06. The van der Waals surface area contributed by atoms with Crippen LogP contribution in [0.1, 0.15) is 47.3 Å². The molecule has 0 radical (unpaired) electrons. The van der Waals surface area contributed by atoms with Crippen LogP contribution in [0.25, 0.3) is 0 Å². The Kier molecular flexibility index (Phi) is 7.09. The summed E-state index contributed by atoms with van der Waals surface area (Å²) in [5, 5.41) is 10.8. The second kappa shape index (κ2) is 8.62. The Morgan fingerprint density at radius 3 is 2.54 bits per heavy atom. The van der Waals surface area contributed by atoms with Crippen LogP contribution in [-0.2, 0) is 13.9 Å². The van der Waals surface area contributed by atoms with E-state index in [9.17, 15) is 14.7 Å². The molecule has 9 heteroatoms. The normalized spacial score (nSPS) is 26.2. The molecule has 28 heavy (non-hydrogen) atoms. The highest BCUT2D eigenvalue weighted by atomic mass is 28.4. The molecule has 2 rings (SSSR count). The molecule has 1 fully saturated rings. The van der Waals surface area contributed by atoms with E-state index in [1.807, 2.05) is 6.92 Å². The highest BCUT2D eigenvalue weighted by Gasteiger charge is 2.46. The van der Waals surface area contributed by atoms with Gasteiger partial charge in [0.2, 0.25) is 0 Å². The van der Waals surface area contributed by atoms with Crippen molar-refractivity contribution in [2.75, 3.05) is 6.79 Å². The molecule has 1 aliphatic heterocycles. The maximum absolute atomic E-state index is 12.1. The quantitative estimate of drug-likeness (QED) is 0.499. The average molecular weight is 415 g/mol. The molecule has 0 aromatic carbocycles. The average Bonchev–Trinajstić information content (AvgIpc) is 2.90. The smallest absolute Gasteiger partial charge is 0.330 e. The molecule has 1 aromatic heterocycles. The van der Waals surface area contributed by atoms with Crippen LogP contribution >= 0.6 is 0 Å². The number of aliphatic hydroxyl groups excluding tert-OH is 1. The lowest BCUT2D eigenvalue weighted by molar-refractivity contribution is -0.0952. The minimum absolute atomic E-state index is 0.0526. The molecule has 0 amide bonds. The fraction of sp³-hybridized carbons (Fsp3) is 0.789. The number of nitrogens with zero attached hydrogens (tertiary/aromatic N) is 1. The third-order valence-corrected chi connectivity index (χ3v) is 11.0. The first-order chi connectivity index (χ1) is 12.9. The van der Waals surface area contributed by atoms with E-state index < -0.39 is 38.0 Å². The Balaban J connectivity index is 2.09. The Morgan fingerprint density at radius 1 is 1.36 bits per heavy atom. The third-order valence-electron chi connectivity index (χ3n) is 6.51. The van der Waals surface area contributed by atoms with Gasteiger partial charge in [0.05, 0.1) is 6.10 Å². The second-order valence-electron chi connectivity index (χ2n) is 8.76. The highest BCUT2D eigenvalue weighted by molar-refractivity contribution is 6.74. The number of rotatable bonds is 8. The monoisotopic (exact) mass is 414 g/mol. The van der Waals surface area contributed by atoms with E-state index in [0.717, 1.165) is 0 Å². The van der Waals surface area contributed by atoms with Crippen LogP contribution in [0.5, 0.6) is 0 Å². The van der Waals surface area contributed by atoms with Crippen molar-refractivity contribution in [3.8, 4) is 0 Å². The largest absolute Gasteiger partial charge is 0.395 e. The first kappa shape index (κ1) is 23.0. The predicted molar refractivity (Wildman–Crippen MR) is 109 cm³/mol. The van der Waals surface area contributed by atoms with Crippen molar-refractivity contribution in [1.29, 1.82) is 0 Å². The number of ether oxygens (including phenoxy) is 2. The number of hydrogen-bond acceptors (Lipinski definition) is 6. The first-order valence-electron chi connectivity index (χ1n) is 9.83. The Hall–Kier alpha value is -1.26. The Morgan fingerprint density at radius 2 is 2.00 bits per heavy atom. The number of aromatic amines is 1. The lowest BCUT2D eigenvalue weighted by atomic mass is 9.99. The fourth-order valence-electron chi connectivity index (χ4n) is 3.25. The molecule has 1 aliphatic rings. The Bertz CT molecular complexity index is 772. The third kappa shape index (κ3) is 4.49. The molecule has 0 saturated carbocycles. The van der Waals surface area contributed by atoms with Gasteiger partial charge in [-0.05, 0) is 30.5 Å². The standard InChI is InChI=1S/C19H34N2O6Si/c1-8-13-16(25-11-26-28(6,7)19(4,5)12(2)3)15(23)17(27-13)21-10-9-14(22)20-18(21)24/h9-10,12-13,15-17,23H,8,11H2,1-7H3,(H,20,22,24)/t13-,15-,16-,17-/m1/s1. The molecular formula is C19H34N2O6Si. The predicted octanol–water partition coefficient (Wildman–Crippen LogP) is 2.21. The Labute approximate surface area is 167 Å². The molecular weight excluding hydrogens is 380 g/mol. The van der Waals surface area contributed by atoms with Crippen molar-refractivity contribution >= 4 is 8.32 Å². The minimum Gasteiger partial charge on any atom is -0.395 e. The molecule has 1 aromatic rings. The second-order valence-corrected chi connectivity index (χ2v) is 13.4.